The molecule has 0 saturated carbocycles. The van der Waals surface area contributed by atoms with Crippen LogP contribution in [0.25, 0.3) is 10.3 Å². The minimum Gasteiger partial charge on any atom is -0.365 e. The van der Waals surface area contributed by atoms with E-state index in [4.69, 9.17) is 29.2 Å². The van der Waals surface area contributed by atoms with E-state index < -0.39 is 79.3 Å². The van der Waals surface area contributed by atoms with Crippen molar-refractivity contribution in [2.45, 2.75) is 25.3 Å². The lowest BCUT2D eigenvalue weighted by molar-refractivity contribution is 0.211. The number of likely N-dealkylation sites (tertiary alicyclic amines) is 1. The maximum absolute atomic E-state index is 14.2. The molecule has 3 aromatic rings. The number of rotatable bonds is 4. The van der Waals surface area contributed by atoms with Gasteiger partial charge in [0.05, 0.1) is 8.30 Å². The van der Waals surface area contributed by atoms with E-state index >= 15 is 0 Å². The third-order valence-electron chi connectivity index (χ3n) is 3.64. The van der Waals surface area contributed by atoms with Crippen LogP contribution in [0.15, 0.2) is 18.4 Å². The van der Waals surface area contributed by atoms with E-state index in [0.29, 0.717) is 0 Å². The van der Waals surface area contributed by atoms with Crippen LogP contribution in [0, 0.1) is 23.0 Å². The Morgan fingerprint density at radius 3 is 3.07 bits per heavy atom. The molecule has 6 nitrogen and oxygen atoms in total. The van der Waals surface area contributed by atoms with Crippen LogP contribution in [0.4, 0.5) is 14.6 Å². The summed E-state index contributed by atoms with van der Waals surface area (Å²) in [6, 6.07) is -1.89. The fourth-order valence-electron chi connectivity index (χ4n) is 2.41. The summed E-state index contributed by atoms with van der Waals surface area (Å²) in [5.41, 5.74) is -1.42. The lowest BCUT2D eigenvalue weighted by Gasteiger charge is -2.32. The van der Waals surface area contributed by atoms with Gasteiger partial charge in [-0.3, -0.25) is 4.90 Å². The Morgan fingerprint density at radius 1 is 1.54 bits per heavy atom. The number of anilines is 1. The van der Waals surface area contributed by atoms with Gasteiger partial charge in [0.1, 0.15) is 24.1 Å². The molecule has 1 aliphatic rings. The van der Waals surface area contributed by atoms with Gasteiger partial charge in [-0.2, -0.15) is 5.26 Å². The lowest BCUT2D eigenvalue weighted by atomic mass is 10.0. The van der Waals surface area contributed by atoms with E-state index in [-0.39, 0.29) is 20.1 Å². The minimum atomic E-state index is -3.02. The Bertz CT molecular complexity index is 1430. The van der Waals surface area contributed by atoms with E-state index in [0.717, 1.165) is 22.3 Å². The largest absolute Gasteiger partial charge is 0.365 e. The maximum Gasteiger partial charge on any atom is 0.186 e. The van der Waals surface area contributed by atoms with Crippen molar-refractivity contribution in [3.8, 4) is 6.07 Å². The molecular formula is C18H15ClF2N6S. The highest BCUT2D eigenvalue weighted by atomic mass is 35.5. The summed E-state index contributed by atoms with van der Waals surface area (Å²) < 4.78 is 104. The number of nitriles is 1. The second-order valence-electron chi connectivity index (χ2n) is 5.49. The number of nitrogens with one attached hydrogen (secondary N) is 1. The monoisotopic (exact) mass is 429 g/mol. The van der Waals surface area contributed by atoms with Gasteiger partial charge in [-0.1, -0.05) is 22.9 Å². The molecule has 0 spiro atoms. The van der Waals surface area contributed by atoms with Gasteiger partial charge in [0.2, 0.25) is 0 Å². The summed E-state index contributed by atoms with van der Waals surface area (Å²) in [5, 5.41) is 9.22. The summed E-state index contributed by atoms with van der Waals surface area (Å²) in [4.78, 5) is 12.5. The summed E-state index contributed by atoms with van der Waals surface area (Å²) in [5.74, 6) is -3.78. The Kier molecular flexibility index (Phi) is 3.09. The highest BCUT2D eigenvalue weighted by Crippen LogP contribution is 2.28. The lowest BCUT2D eigenvalue weighted by Crippen LogP contribution is -2.38. The molecule has 1 aliphatic heterocycles. The Morgan fingerprint density at radius 2 is 2.32 bits per heavy atom. The van der Waals surface area contributed by atoms with E-state index in [1.807, 2.05) is 0 Å². The standard InChI is InChI=1S/C18H15ClF2N6S/c19-18-26-15-16(23-9-24-17(15)28-18)25-12-1-3-27(4-2-12)8-10-5-11(7-22)14(21)13(20)6-10/h5-6,9,12H,1-4,8H2,(H,23,24,25)/i1D2,2D2,6D,8D,9D,12D/hD. The van der Waals surface area contributed by atoms with Crippen molar-refractivity contribution < 1.29 is 21.2 Å². The average molecular weight is 430 g/mol. The highest BCUT2D eigenvalue weighted by Gasteiger charge is 2.22. The quantitative estimate of drug-likeness (QED) is 0.676. The summed E-state index contributed by atoms with van der Waals surface area (Å²) in [6.07, 6.45) is -6.44. The zero-order valence-electron chi connectivity index (χ0n) is 22.8. The molecule has 4 rings (SSSR count). The molecule has 1 saturated heterocycles. The Labute approximate surface area is 181 Å². The molecule has 28 heavy (non-hydrogen) atoms. The number of thiazole rings is 1. The molecule has 0 bridgehead atoms. The fraction of sp³-hybridized carbons (Fsp3) is 0.333. The molecule has 144 valence electrons. The van der Waals surface area contributed by atoms with Crippen molar-refractivity contribution in [1.29, 1.82) is 5.26 Å². The first-order valence-corrected chi connectivity index (χ1v) is 8.90. The van der Waals surface area contributed by atoms with Crippen molar-refractivity contribution in [2.24, 2.45) is 0 Å². The molecule has 1 unspecified atom stereocenters. The minimum absolute atomic E-state index is 0.0315. The normalized spacial score (nSPS) is 26.1. The van der Waals surface area contributed by atoms with Gasteiger partial charge < -0.3 is 5.31 Å². The second kappa shape index (κ2) is 7.91. The molecule has 1 fully saturated rings. The number of hydrogen-bond donors (Lipinski definition) is 1. The molecule has 10 heteroatoms. The van der Waals surface area contributed by atoms with Crippen molar-refractivity contribution in [2.75, 3.05) is 18.4 Å². The zero-order chi connectivity index (χ0) is 27.7. The van der Waals surface area contributed by atoms with Gasteiger partial charge >= 0.3 is 0 Å². The number of benzene rings is 1. The number of hydrogen-bond acceptors (Lipinski definition) is 7. The van der Waals surface area contributed by atoms with Gasteiger partial charge in [-0.15, -0.1) is 0 Å². The number of piperidine rings is 1. The molecule has 2 aromatic heterocycles. The zero-order valence-corrected chi connectivity index (χ0v) is 15.4. The predicted octanol–water partition coefficient (Wildman–Crippen LogP) is 3.97. The Balaban J connectivity index is 1.77. The van der Waals surface area contributed by atoms with Crippen LogP contribution >= 0.6 is 22.9 Å². The van der Waals surface area contributed by atoms with Crippen molar-refractivity contribution in [1.82, 2.24) is 19.9 Å². The molecular weight excluding hydrogens is 406 g/mol. The molecule has 0 amide bonds. The Hall–Kier alpha value is -2.41. The van der Waals surface area contributed by atoms with Crippen LogP contribution in [0.3, 0.4) is 0 Å². The third-order valence-corrected chi connectivity index (χ3v) is 4.70. The van der Waals surface area contributed by atoms with E-state index in [1.165, 1.54) is 6.07 Å². The molecule has 0 radical (unpaired) electrons. The van der Waals surface area contributed by atoms with E-state index in [2.05, 4.69) is 15.0 Å². The molecule has 1 aromatic carbocycles. The topological polar surface area (TPSA) is 77.7 Å². The SMILES string of the molecule is [2H]c1nc(N([2H])C2([2H])C([2H])([2H])CN(C([2H])c3cc(C#N)c(F)c(F)c3[2H])CC2([2H])[2H])c2nc(Cl)sc2n1. The predicted molar refractivity (Wildman–Crippen MR) is 103 cm³/mol. The first-order chi connectivity index (χ1) is 17.1. The number of nitrogens with zero attached hydrogens (tertiary/aromatic N) is 5. The van der Waals surface area contributed by atoms with Crippen LogP contribution in [0.5, 0.6) is 0 Å². The average Bonchev–Trinajstić information content (AvgIpc) is 3.18. The van der Waals surface area contributed by atoms with Gasteiger partial charge in [0.15, 0.2) is 23.3 Å². The molecule has 1 N–H and O–H groups in total. The number of aromatic nitrogens is 3. The van der Waals surface area contributed by atoms with Crippen LogP contribution in [0.1, 0.15) is 34.8 Å². The smallest absolute Gasteiger partial charge is 0.186 e. The van der Waals surface area contributed by atoms with Crippen molar-refractivity contribution in [3.63, 3.8) is 0 Å². The van der Waals surface area contributed by atoms with Gasteiger partial charge in [-0.25, -0.2) is 23.7 Å². The van der Waals surface area contributed by atoms with Crippen LogP contribution in [-0.4, -0.2) is 39.0 Å². The fourth-order valence-corrected chi connectivity index (χ4v) is 3.33. The van der Waals surface area contributed by atoms with Crippen LogP contribution < -0.4 is 5.31 Å². The maximum atomic E-state index is 14.2. The van der Waals surface area contributed by atoms with Gasteiger partial charge in [0.25, 0.3) is 0 Å². The first-order valence-electron chi connectivity index (χ1n) is 12.2. The molecule has 3 heterocycles. The molecule has 0 aliphatic carbocycles. The third kappa shape index (κ3) is 3.90. The van der Waals surface area contributed by atoms with Crippen molar-refractivity contribution >= 4 is 39.1 Å². The summed E-state index contributed by atoms with van der Waals surface area (Å²) in [7, 11) is 0. The van der Waals surface area contributed by atoms with Crippen molar-refractivity contribution in [3.05, 3.63) is 45.6 Å². The number of halogens is 3. The summed E-state index contributed by atoms with van der Waals surface area (Å²) >= 11 is 6.75. The first kappa shape index (κ1) is 11.0. The van der Waals surface area contributed by atoms with Crippen LogP contribution in [0.2, 0.25) is 5.88 Å². The van der Waals surface area contributed by atoms with E-state index in [1.54, 1.807) is 0 Å². The number of fused-ring (bicyclic) bond motifs is 1. The molecule has 1 atom stereocenters. The van der Waals surface area contributed by atoms with E-state index in [9.17, 15) is 8.78 Å². The highest BCUT2D eigenvalue weighted by molar-refractivity contribution is 7.21. The van der Waals surface area contributed by atoms with Gasteiger partial charge in [-0.05, 0) is 30.4 Å². The second-order valence-corrected chi connectivity index (χ2v) is 7.05. The summed E-state index contributed by atoms with van der Waals surface area (Å²) in [6.45, 7) is -3.51. The van der Waals surface area contributed by atoms with Gasteiger partial charge in [0, 0.05) is 32.5 Å². The van der Waals surface area contributed by atoms with Crippen LogP contribution in [-0.2, 0) is 6.52 Å².